The zero-order valence-electron chi connectivity index (χ0n) is 8.32. The Hall–Kier alpha value is 0.700. The topological polar surface area (TPSA) is 26.3 Å². The monoisotopic (exact) mass is 354 g/mol. The molecule has 1 rings (SSSR count). The first-order chi connectivity index (χ1) is 7.77. The summed E-state index contributed by atoms with van der Waals surface area (Å²) in [4.78, 5) is -1.23. The minimum absolute atomic E-state index is 0.263. The lowest BCUT2D eigenvalue weighted by Gasteiger charge is -2.28. The van der Waals surface area contributed by atoms with Gasteiger partial charge in [-0.3, -0.25) is 4.57 Å². The Morgan fingerprint density at radius 3 is 2.18 bits per heavy atom. The highest BCUT2D eigenvalue weighted by molar-refractivity contribution is 8.10. The van der Waals surface area contributed by atoms with Crippen molar-refractivity contribution in [3.05, 3.63) is 30.3 Å². The van der Waals surface area contributed by atoms with Gasteiger partial charge in [-0.25, -0.2) is 0 Å². The van der Waals surface area contributed by atoms with E-state index in [1.165, 1.54) is 0 Å². The summed E-state index contributed by atoms with van der Waals surface area (Å²) < 4.78 is 15.2. The van der Waals surface area contributed by atoms with Crippen LogP contribution in [0, 0.1) is 0 Å². The molecule has 1 aromatic rings. The largest absolute Gasteiger partial charge is 0.491 e. The van der Waals surface area contributed by atoms with Crippen molar-refractivity contribution >= 4 is 63.1 Å². The quantitative estimate of drug-likeness (QED) is 0.516. The van der Waals surface area contributed by atoms with E-state index in [9.17, 15) is 4.57 Å². The van der Waals surface area contributed by atoms with Gasteiger partial charge in [0.1, 0.15) is 17.2 Å². The highest BCUT2D eigenvalue weighted by Crippen LogP contribution is 2.71. The van der Waals surface area contributed by atoms with Gasteiger partial charge in [0.2, 0.25) is 0 Å². The van der Waals surface area contributed by atoms with Crippen LogP contribution >= 0.6 is 63.1 Å². The maximum Gasteiger partial charge on any atom is 0.279 e. The molecule has 0 aliphatic heterocycles. The molecule has 0 bridgehead atoms. The molecule has 0 heterocycles. The lowest BCUT2D eigenvalue weighted by Crippen LogP contribution is -2.33. The Labute approximate surface area is 124 Å². The molecule has 96 valence electrons. The third kappa shape index (κ3) is 4.09. The third-order valence-electron chi connectivity index (χ3n) is 1.95. The minimum atomic E-state index is -3.76. The van der Waals surface area contributed by atoms with Gasteiger partial charge in [0, 0.05) is 0 Å². The summed E-state index contributed by atoms with van der Waals surface area (Å²) >= 11 is 28.4. The van der Waals surface area contributed by atoms with Crippen LogP contribution in [0.1, 0.15) is 0 Å². The van der Waals surface area contributed by atoms with E-state index in [2.05, 4.69) is 0 Å². The molecule has 0 saturated carbocycles. The van der Waals surface area contributed by atoms with Gasteiger partial charge in [-0.2, -0.15) is 0 Å². The van der Waals surface area contributed by atoms with Crippen molar-refractivity contribution in [1.82, 2.24) is 0 Å². The van der Waals surface area contributed by atoms with Crippen molar-refractivity contribution in [2.24, 2.45) is 0 Å². The van der Waals surface area contributed by atoms with Crippen molar-refractivity contribution in [2.45, 2.75) is 9.45 Å². The van der Waals surface area contributed by atoms with Crippen LogP contribution in [0.4, 0.5) is 0 Å². The van der Waals surface area contributed by atoms with Gasteiger partial charge in [-0.05, 0) is 34.6 Å². The van der Waals surface area contributed by atoms with Crippen molar-refractivity contribution in [2.75, 3.05) is 6.61 Å². The normalized spacial score (nSPS) is 15.6. The number of hydrogen-bond acceptors (Lipinski definition) is 2. The highest BCUT2D eigenvalue weighted by Gasteiger charge is 2.51. The maximum absolute atomic E-state index is 11.6. The highest BCUT2D eigenvalue weighted by atomic mass is 35.9. The first-order valence-corrected chi connectivity index (χ1v) is 9.18. The Morgan fingerprint density at radius 1 is 1.24 bits per heavy atom. The molecule has 1 aromatic carbocycles. The first kappa shape index (κ1) is 15.8. The number of halogens is 5. The summed E-state index contributed by atoms with van der Waals surface area (Å²) in [6.45, 7) is -0.263. The Balaban J connectivity index is 2.80. The predicted octanol–water partition coefficient (Wildman–Crippen LogP) is 5.47. The Morgan fingerprint density at radius 2 is 1.76 bits per heavy atom. The fourth-order valence-electron chi connectivity index (χ4n) is 0.953. The fourth-order valence-corrected chi connectivity index (χ4v) is 3.88. The van der Waals surface area contributed by atoms with Crippen LogP contribution < -0.4 is 4.74 Å². The molecular weight excluding hydrogens is 348 g/mol. The molecule has 0 spiro atoms. The molecule has 0 aromatic heterocycles. The van der Waals surface area contributed by atoms with E-state index in [0.29, 0.717) is 5.75 Å². The zero-order valence-corrected chi connectivity index (χ0v) is 13.0. The van der Waals surface area contributed by atoms with Gasteiger partial charge < -0.3 is 4.74 Å². The van der Waals surface area contributed by atoms with Gasteiger partial charge in [-0.15, -0.1) is 34.8 Å². The maximum atomic E-state index is 11.6. The van der Waals surface area contributed by atoms with Crippen molar-refractivity contribution < 1.29 is 9.30 Å². The molecule has 2 nitrogen and oxygen atoms in total. The second-order valence-electron chi connectivity index (χ2n) is 3.18. The van der Waals surface area contributed by atoms with E-state index >= 15 is 0 Å². The molecule has 1 unspecified atom stereocenters. The van der Waals surface area contributed by atoms with E-state index in [1.54, 1.807) is 24.3 Å². The van der Waals surface area contributed by atoms with E-state index in [0.717, 1.165) is 0 Å². The van der Waals surface area contributed by atoms with Crippen molar-refractivity contribution in [3.8, 4) is 5.75 Å². The van der Waals surface area contributed by atoms with Crippen LogP contribution in [0.5, 0.6) is 5.75 Å². The molecule has 0 aliphatic carbocycles. The molecule has 8 heteroatoms. The van der Waals surface area contributed by atoms with Gasteiger partial charge in [0.15, 0.2) is 4.62 Å². The van der Waals surface area contributed by atoms with Gasteiger partial charge in [0.05, 0.1) is 0 Å². The fraction of sp³-hybridized carbons (Fsp3) is 0.333. The number of ether oxygens (including phenoxy) is 1. The van der Waals surface area contributed by atoms with Gasteiger partial charge in [-0.1, -0.05) is 18.2 Å². The summed E-state index contributed by atoms with van der Waals surface area (Å²) in [7, 11) is 0. The Bertz CT molecular complexity index is 407. The molecule has 0 N–H and O–H groups in total. The first-order valence-electron chi connectivity index (χ1n) is 4.42. The van der Waals surface area contributed by atoms with Crippen LogP contribution in [0.2, 0.25) is 0 Å². The average molecular weight is 356 g/mol. The predicted molar refractivity (Wildman–Crippen MR) is 75.3 cm³/mol. The van der Waals surface area contributed by atoms with E-state index in [-0.39, 0.29) is 6.61 Å². The number of benzene rings is 1. The molecule has 0 saturated heterocycles. The van der Waals surface area contributed by atoms with Crippen LogP contribution in [-0.2, 0) is 4.57 Å². The van der Waals surface area contributed by atoms with E-state index in [1.807, 2.05) is 6.07 Å². The van der Waals surface area contributed by atoms with Crippen LogP contribution in [0.15, 0.2) is 30.3 Å². The summed E-state index contributed by atoms with van der Waals surface area (Å²) in [5.74, 6) is -3.24. The van der Waals surface area contributed by atoms with Crippen molar-refractivity contribution in [1.29, 1.82) is 0 Å². The third-order valence-corrected chi connectivity index (χ3v) is 7.85. The number of rotatable bonds is 5. The van der Waals surface area contributed by atoms with Gasteiger partial charge in [0.25, 0.3) is 5.85 Å². The zero-order chi connectivity index (χ0) is 13.1. The minimum Gasteiger partial charge on any atom is -0.491 e. The summed E-state index contributed by atoms with van der Waals surface area (Å²) in [5.41, 5.74) is 0. The lowest BCUT2D eigenvalue weighted by atomic mass is 10.3. The van der Waals surface area contributed by atoms with E-state index < -0.39 is 15.3 Å². The molecule has 0 amide bonds. The lowest BCUT2D eigenvalue weighted by molar-refractivity contribution is 0.304. The van der Waals surface area contributed by atoms with Gasteiger partial charge >= 0.3 is 0 Å². The second kappa shape index (κ2) is 6.23. The number of alkyl halides is 3. The number of hydrogen-bond donors (Lipinski definition) is 0. The van der Waals surface area contributed by atoms with Crippen LogP contribution in [-0.4, -0.2) is 16.1 Å². The standard InChI is InChI=1S/C9H8Cl5O2P/c10-8(11)9(12,17(13,14)15)6-16-7-4-2-1-3-5-7/h1-5,8H,6H2. The smallest absolute Gasteiger partial charge is 0.279 e. The van der Waals surface area contributed by atoms with E-state index in [4.69, 9.17) is 62.0 Å². The molecule has 0 fully saturated rings. The van der Waals surface area contributed by atoms with Crippen LogP contribution in [0.25, 0.3) is 0 Å². The summed E-state index contributed by atoms with van der Waals surface area (Å²) in [5, 5.41) is 0. The molecule has 0 aliphatic rings. The summed E-state index contributed by atoms with van der Waals surface area (Å²) in [6.07, 6.45) is 0. The van der Waals surface area contributed by atoms with Crippen LogP contribution in [0.3, 0.4) is 0 Å². The second-order valence-corrected chi connectivity index (χ2v) is 10.3. The number of para-hydroxylation sites is 1. The SMILES string of the molecule is O=P(Cl)(Cl)C(Cl)(COc1ccccc1)C(Cl)Cl. The molecule has 1 atom stereocenters. The summed E-state index contributed by atoms with van der Waals surface area (Å²) in [6, 6.07) is 8.75. The average Bonchev–Trinajstić information content (AvgIpc) is 2.25. The Kier molecular flexibility index (Phi) is 5.78. The molecule has 0 radical (unpaired) electrons. The molecule has 17 heavy (non-hydrogen) atoms. The van der Waals surface area contributed by atoms with Crippen molar-refractivity contribution in [3.63, 3.8) is 0 Å². The molecular formula is C9H8Cl5O2P.